The summed E-state index contributed by atoms with van der Waals surface area (Å²) in [5, 5.41) is 8.08. The number of thioether (sulfide) groups is 1. The molecule has 10 heavy (non-hydrogen) atoms. The Kier molecular flexibility index (Phi) is 4.49. The normalized spacial score (nSPS) is 10.8. The SMILES string of the molecule is CS(=O)(=O)CCSCC#N. The molecule has 0 N–H and O–H groups in total. The number of hydrogen-bond acceptors (Lipinski definition) is 4. The maximum atomic E-state index is 10.5. The number of hydrogen-bond donors (Lipinski definition) is 0. The second kappa shape index (κ2) is 4.58. The highest BCUT2D eigenvalue weighted by molar-refractivity contribution is 8.00. The highest BCUT2D eigenvalue weighted by Crippen LogP contribution is 1.98. The molecule has 0 unspecified atom stereocenters. The van der Waals surface area contributed by atoms with E-state index in [2.05, 4.69) is 0 Å². The molecule has 0 saturated carbocycles. The minimum absolute atomic E-state index is 0.166. The summed E-state index contributed by atoms with van der Waals surface area (Å²) < 4.78 is 21.0. The van der Waals surface area contributed by atoms with E-state index in [1.54, 1.807) is 0 Å². The number of nitrogens with zero attached hydrogens (tertiary/aromatic N) is 1. The van der Waals surface area contributed by atoms with E-state index >= 15 is 0 Å². The van der Waals surface area contributed by atoms with Crippen molar-refractivity contribution in [2.75, 3.05) is 23.5 Å². The van der Waals surface area contributed by atoms with Crippen LogP contribution in [0.5, 0.6) is 0 Å². The Labute approximate surface area is 65.3 Å². The predicted octanol–water partition coefficient (Wildman–Crippen LogP) is 0.288. The van der Waals surface area contributed by atoms with Crippen LogP contribution in [0.15, 0.2) is 0 Å². The van der Waals surface area contributed by atoms with Crippen LogP contribution in [0, 0.1) is 11.3 Å². The lowest BCUT2D eigenvalue weighted by Crippen LogP contribution is -2.05. The molecule has 0 aliphatic rings. The van der Waals surface area contributed by atoms with Crippen LogP contribution in [0.2, 0.25) is 0 Å². The summed E-state index contributed by atoms with van der Waals surface area (Å²) in [7, 11) is -2.83. The zero-order valence-electron chi connectivity index (χ0n) is 5.70. The third kappa shape index (κ3) is 7.79. The van der Waals surface area contributed by atoms with E-state index in [-0.39, 0.29) is 5.75 Å². The van der Waals surface area contributed by atoms with Gasteiger partial charge in [-0.3, -0.25) is 0 Å². The Balaban J connectivity index is 3.32. The number of nitriles is 1. The summed E-state index contributed by atoms with van der Waals surface area (Å²) in [5.74, 6) is 1.06. The van der Waals surface area contributed by atoms with E-state index in [1.165, 1.54) is 18.0 Å². The predicted molar refractivity (Wildman–Crippen MR) is 42.6 cm³/mol. The van der Waals surface area contributed by atoms with E-state index in [0.717, 1.165) is 0 Å². The molecule has 0 aromatic heterocycles. The second-order valence-electron chi connectivity index (χ2n) is 1.84. The van der Waals surface area contributed by atoms with E-state index in [1.807, 2.05) is 6.07 Å². The van der Waals surface area contributed by atoms with E-state index in [4.69, 9.17) is 5.26 Å². The maximum Gasteiger partial charge on any atom is 0.148 e. The summed E-state index contributed by atoms with van der Waals surface area (Å²) in [6.45, 7) is 0. The van der Waals surface area contributed by atoms with Crippen molar-refractivity contribution in [3.05, 3.63) is 0 Å². The van der Waals surface area contributed by atoms with Crippen LogP contribution in [0.4, 0.5) is 0 Å². The van der Waals surface area contributed by atoms with Gasteiger partial charge in [0, 0.05) is 12.0 Å². The Hall–Kier alpha value is -0.210. The van der Waals surface area contributed by atoms with Gasteiger partial charge in [-0.05, 0) is 0 Å². The molecule has 0 amide bonds. The molecule has 0 aromatic rings. The van der Waals surface area contributed by atoms with Gasteiger partial charge in [0.15, 0.2) is 0 Å². The first-order valence-electron chi connectivity index (χ1n) is 2.68. The lowest BCUT2D eigenvalue weighted by molar-refractivity contribution is 0.603. The van der Waals surface area contributed by atoms with Gasteiger partial charge in [0.1, 0.15) is 9.84 Å². The van der Waals surface area contributed by atoms with Crippen molar-refractivity contribution >= 4 is 21.6 Å². The van der Waals surface area contributed by atoms with Crippen molar-refractivity contribution in [1.82, 2.24) is 0 Å². The van der Waals surface area contributed by atoms with E-state index in [0.29, 0.717) is 11.5 Å². The van der Waals surface area contributed by atoms with Gasteiger partial charge in [0.2, 0.25) is 0 Å². The van der Waals surface area contributed by atoms with Gasteiger partial charge in [-0.25, -0.2) is 8.42 Å². The lowest BCUT2D eigenvalue weighted by atomic mass is 10.9. The molecule has 0 spiro atoms. The molecule has 0 fully saturated rings. The average Bonchev–Trinajstić information content (AvgIpc) is 1.78. The molecule has 0 heterocycles. The summed E-state index contributed by atoms with van der Waals surface area (Å²) in [6.07, 6.45) is 1.19. The molecule has 58 valence electrons. The fourth-order valence-corrected chi connectivity index (χ4v) is 2.25. The first kappa shape index (κ1) is 9.79. The van der Waals surface area contributed by atoms with Gasteiger partial charge >= 0.3 is 0 Å². The van der Waals surface area contributed by atoms with Crippen molar-refractivity contribution in [1.29, 1.82) is 5.26 Å². The summed E-state index contributed by atoms with van der Waals surface area (Å²) in [6, 6.07) is 1.92. The smallest absolute Gasteiger partial charge is 0.148 e. The van der Waals surface area contributed by atoms with E-state index < -0.39 is 9.84 Å². The zero-order chi connectivity index (χ0) is 8.04. The Morgan fingerprint density at radius 3 is 2.60 bits per heavy atom. The number of sulfone groups is 1. The van der Waals surface area contributed by atoms with Crippen molar-refractivity contribution in [3.8, 4) is 6.07 Å². The third-order valence-corrected chi connectivity index (χ3v) is 2.80. The molecule has 0 saturated heterocycles. The molecule has 0 aliphatic carbocycles. The van der Waals surface area contributed by atoms with Gasteiger partial charge in [0.25, 0.3) is 0 Å². The van der Waals surface area contributed by atoms with Crippen molar-refractivity contribution in [3.63, 3.8) is 0 Å². The maximum absolute atomic E-state index is 10.5. The van der Waals surface area contributed by atoms with Gasteiger partial charge in [0.05, 0.1) is 17.6 Å². The molecule has 0 atom stereocenters. The molecule has 0 rings (SSSR count). The fraction of sp³-hybridized carbons (Fsp3) is 0.800. The van der Waals surface area contributed by atoms with Gasteiger partial charge < -0.3 is 0 Å². The first-order chi connectivity index (χ1) is 4.56. The van der Waals surface area contributed by atoms with Crippen LogP contribution in [0.25, 0.3) is 0 Å². The summed E-state index contributed by atoms with van der Waals surface area (Å²) >= 11 is 1.34. The minimum atomic E-state index is -2.83. The molecule has 0 bridgehead atoms. The quantitative estimate of drug-likeness (QED) is 0.582. The average molecular weight is 179 g/mol. The highest BCUT2D eigenvalue weighted by Gasteiger charge is 1.99. The van der Waals surface area contributed by atoms with Crippen LogP contribution in [-0.2, 0) is 9.84 Å². The van der Waals surface area contributed by atoms with Crippen LogP contribution >= 0.6 is 11.8 Å². The Morgan fingerprint density at radius 1 is 1.60 bits per heavy atom. The van der Waals surface area contributed by atoms with Crippen molar-refractivity contribution < 1.29 is 8.42 Å². The van der Waals surface area contributed by atoms with Gasteiger partial charge in [-0.1, -0.05) is 0 Å². The molecule has 0 aliphatic heterocycles. The second-order valence-corrected chi connectivity index (χ2v) is 5.21. The molecular weight excluding hydrogens is 170 g/mol. The first-order valence-corrected chi connectivity index (χ1v) is 5.90. The molecular formula is C5H9NO2S2. The van der Waals surface area contributed by atoms with Crippen molar-refractivity contribution in [2.24, 2.45) is 0 Å². The summed E-state index contributed by atoms with van der Waals surface area (Å²) in [5.41, 5.74) is 0. The van der Waals surface area contributed by atoms with Crippen LogP contribution in [0.3, 0.4) is 0 Å². The fourth-order valence-electron chi connectivity index (χ4n) is 0.328. The molecule has 0 radical (unpaired) electrons. The highest BCUT2D eigenvalue weighted by atomic mass is 32.2. The zero-order valence-corrected chi connectivity index (χ0v) is 7.33. The van der Waals surface area contributed by atoms with E-state index in [9.17, 15) is 8.42 Å². The third-order valence-electron chi connectivity index (χ3n) is 0.765. The van der Waals surface area contributed by atoms with Gasteiger partial charge in [-0.2, -0.15) is 5.26 Å². The standard InChI is InChI=1S/C5H9NO2S2/c1-10(7,8)5-4-9-3-2-6/h3-5H2,1H3. The topological polar surface area (TPSA) is 57.9 Å². The monoisotopic (exact) mass is 179 g/mol. The molecule has 5 heteroatoms. The lowest BCUT2D eigenvalue weighted by Gasteiger charge is -1.93. The Morgan fingerprint density at radius 2 is 2.20 bits per heavy atom. The number of rotatable bonds is 4. The molecule has 0 aromatic carbocycles. The Bertz CT molecular complexity index is 214. The van der Waals surface area contributed by atoms with Gasteiger partial charge in [-0.15, -0.1) is 11.8 Å². The van der Waals surface area contributed by atoms with Crippen LogP contribution < -0.4 is 0 Å². The minimum Gasteiger partial charge on any atom is -0.229 e. The summed E-state index contributed by atoms with van der Waals surface area (Å²) in [4.78, 5) is 0. The molecule has 3 nitrogen and oxygen atoms in total. The van der Waals surface area contributed by atoms with Crippen molar-refractivity contribution in [2.45, 2.75) is 0 Å². The largest absolute Gasteiger partial charge is 0.229 e. The van der Waals surface area contributed by atoms with Crippen LogP contribution in [0.1, 0.15) is 0 Å². The van der Waals surface area contributed by atoms with Crippen LogP contribution in [-0.4, -0.2) is 31.9 Å².